The van der Waals surface area contributed by atoms with Crippen molar-refractivity contribution < 1.29 is 22.7 Å². The molecule has 0 aliphatic carbocycles. The Bertz CT molecular complexity index is 1040. The highest BCUT2D eigenvalue weighted by molar-refractivity contribution is 7.92. The molecular formula is C25H35N3O5S. The first-order chi connectivity index (χ1) is 16.2. The number of hydrogen-bond donors (Lipinski definition) is 1. The quantitative estimate of drug-likeness (QED) is 0.466. The molecule has 0 fully saturated rings. The third-order valence-corrected chi connectivity index (χ3v) is 6.59. The summed E-state index contributed by atoms with van der Waals surface area (Å²) in [5, 5.41) is 2.85. The van der Waals surface area contributed by atoms with Crippen LogP contribution < -0.4 is 14.4 Å². The normalized spacial score (nSPS) is 12.0. The van der Waals surface area contributed by atoms with Gasteiger partial charge in [-0.25, -0.2) is 8.42 Å². The number of nitrogens with zero attached hydrogens (tertiary/aromatic N) is 2. The van der Waals surface area contributed by atoms with Gasteiger partial charge in [0.2, 0.25) is 21.8 Å². The maximum Gasteiger partial charge on any atom is 0.242 e. The molecule has 8 nitrogen and oxygen atoms in total. The van der Waals surface area contributed by atoms with Crippen LogP contribution in [-0.4, -0.2) is 57.6 Å². The van der Waals surface area contributed by atoms with Crippen molar-refractivity contribution >= 4 is 27.5 Å². The second kappa shape index (κ2) is 13.0. The number of sulfonamides is 1. The minimum atomic E-state index is -3.50. The molecule has 0 heterocycles. The van der Waals surface area contributed by atoms with Crippen molar-refractivity contribution in [1.29, 1.82) is 0 Å². The van der Waals surface area contributed by atoms with E-state index in [0.29, 0.717) is 24.4 Å². The SMILES string of the molecule is CCCNC(=O)[C@H](C)N(Cc1cccc(OC)c1)C(=O)CCCN(c1ccccc1)S(C)(=O)=O. The van der Waals surface area contributed by atoms with Gasteiger partial charge >= 0.3 is 0 Å². The van der Waals surface area contributed by atoms with E-state index in [1.165, 1.54) is 9.21 Å². The Hall–Kier alpha value is -3.07. The molecular weight excluding hydrogens is 454 g/mol. The molecule has 2 aromatic carbocycles. The summed E-state index contributed by atoms with van der Waals surface area (Å²) in [6, 6.07) is 15.5. The fourth-order valence-corrected chi connectivity index (χ4v) is 4.51. The smallest absolute Gasteiger partial charge is 0.242 e. The summed E-state index contributed by atoms with van der Waals surface area (Å²) in [6.45, 7) is 4.61. The molecule has 0 bridgehead atoms. The van der Waals surface area contributed by atoms with E-state index in [9.17, 15) is 18.0 Å². The summed E-state index contributed by atoms with van der Waals surface area (Å²) >= 11 is 0. The van der Waals surface area contributed by atoms with Gasteiger partial charge in [-0.15, -0.1) is 0 Å². The lowest BCUT2D eigenvalue weighted by Gasteiger charge is -2.29. The van der Waals surface area contributed by atoms with E-state index in [4.69, 9.17) is 4.74 Å². The average Bonchev–Trinajstić information content (AvgIpc) is 2.83. The summed E-state index contributed by atoms with van der Waals surface area (Å²) < 4.78 is 31.2. The van der Waals surface area contributed by atoms with E-state index < -0.39 is 16.1 Å². The zero-order chi connectivity index (χ0) is 25.1. The molecule has 0 saturated heterocycles. The summed E-state index contributed by atoms with van der Waals surface area (Å²) in [7, 11) is -1.93. The van der Waals surface area contributed by atoms with Gasteiger partial charge < -0.3 is 15.0 Å². The van der Waals surface area contributed by atoms with E-state index >= 15 is 0 Å². The number of para-hydroxylation sites is 1. The van der Waals surface area contributed by atoms with Gasteiger partial charge in [0.05, 0.1) is 19.1 Å². The molecule has 9 heteroatoms. The number of ether oxygens (including phenoxy) is 1. The Morgan fingerprint density at radius 2 is 1.79 bits per heavy atom. The Kier molecular flexibility index (Phi) is 10.4. The number of benzene rings is 2. The van der Waals surface area contributed by atoms with Gasteiger partial charge in [-0.2, -0.15) is 0 Å². The van der Waals surface area contributed by atoms with Crippen molar-refractivity contribution in [3.63, 3.8) is 0 Å². The van der Waals surface area contributed by atoms with Crippen molar-refractivity contribution in [3.8, 4) is 5.75 Å². The summed E-state index contributed by atoms with van der Waals surface area (Å²) in [5.41, 5.74) is 1.39. The molecule has 0 unspecified atom stereocenters. The lowest BCUT2D eigenvalue weighted by Crippen LogP contribution is -2.47. The number of rotatable bonds is 13. The maximum absolute atomic E-state index is 13.2. The van der Waals surface area contributed by atoms with Gasteiger partial charge in [-0.05, 0) is 49.6 Å². The number of nitrogens with one attached hydrogen (secondary N) is 1. The Balaban J connectivity index is 2.15. The van der Waals surface area contributed by atoms with Crippen LogP contribution in [-0.2, 0) is 26.2 Å². The van der Waals surface area contributed by atoms with Crippen molar-refractivity contribution in [2.45, 2.75) is 45.7 Å². The predicted molar refractivity (Wildman–Crippen MR) is 134 cm³/mol. The first-order valence-corrected chi connectivity index (χ1v) is 13.2. The molecule has 0 spiro atoms. The molecule has 1 atom stereocenters. The van der Waals surface area contributed by atoms with Gasteiger partial charge in [0.1, 0.15) is 11.8 Å². The van der Waals surface area contributed by atoms with Crippen molar-refractivity contribution in [2.24, 2.45) is 0 Å². The third-order valence-electron chi connectivity index (χ3n) is 5.40. The number of anilines is 1. The van der Waals surface area contributed by atoms with E-state index in [-0.39, 0.29) is 31.3 Å². The molecule has 0 aromatic heterocycles. The molecule has 0 radical (unpaired) electrons. The number of carbonyl (C=O) groups is 2. The van der Waals surface area contributed by atoms with Gasteiger partial charge in [0.15, 0.2) is 0 Å². The molecule has 186 valence electrons. The van der Waals surface area contributed by atoms with Gasteiger partial charge in [-0.3, -0.25) is 13.9 Å². The highest BCUT2D eigenvalue weighted by Crippen LogP contribution is 2.19. The fourth-order valence-electron chi connectivity index (χ4n) is 3.54. The fraction of sp³-hybridized carbons (Fsp3) is 0.440. The third kappa shape index (κ3) is 8.06. The van der Waals surface area contributed by atoms with Gasteiger partial charge in [0, 0.05) is 26.1 Å². The van der Waals surface area contributed by atoms with E-state index in [2.05, 4.69) is 5.32 Å². The zero-order valence-corrected chi connectivity index (χ0v) is 21.2. The van der Waals surface area contributed by atoms with Crippen LogP contribution in [0.1, 0.15) is 38.7 Å². The average molecular weight is 490 g/mol. The van der Waals surface area contributed by atoms with E-state index in [0.717, 1.165) is 18.2 Å². The van der Waals surface area contributed by atoms with Crippen molar-refractivity contribution in [3.05, 3.63) is 60.2 Å². The van der Waals surface area contributed by atoms with Crippen molar-refractivity contribution in [1.82, 2.24) is 10.2 Å². The van der Waals surface area contributed by atoms with Crippen LogP contribution in [0, 0.1) is 0 Å². The number of methoxy groups -OCH3 is 1. The van der Waals surface area contributed by atoms with E-state index in [1.807, 2.05) is 37.3 Å². The first-order valence-electron chi connectivity index (χ1n) is 11.4. The Labute approximate surface area is 202 Å². The first kappa shape index (κ1) is 27.2. The van der Waals surface area contributed by atoms with Crippen LogP contribution in [0.15, 0.2) is 54.6 Å². The van der Waals surface area contributed by atoms with Crippen LogP contribution in [0.4, 0.5) is 5.69 Å². The summed E-state index contributed by atoms with van der Waals surface area (Å²) in [4.78, 5) is 27.4. The maximum atomic E-state index is 13.2. The molecule has 0 saturated carbocycles. The van der Waals surface area contributed by atoms with Crippen LogP contribution >= 0.6 is 0 Å². The minimum Gasteiger partial charge on any atom is -0.497 e. The van der Waals surface area contributed by atoms with Crippen LogP contribution in [0.5, 0.6) is 5.75 Å². The summed E-state index contributed by atoms with van der Waals surface area (Å²) in [5.74, 6) is 0.225. The second-order valence-corrected chi connectivity index (χ2v) is 10.0. The zero-order valence-electron chi connectivity index (χ0n) is 20.4. The number of carbonyl (C=O) groups excluding carboxylic acids is 2. The molecule has 2 rings (SSSR count). The number of amides is 2. The topological polar surface area (TPSA) is 96.0 Å². The van der Waals surface area contributed by atoms with E-state index in [1.54, 1.807) is 38.3 Å². The summed E-state index contributed by atoms with van der Waals surface area (Å²) in [6.07, 6.45) is 2.37. The highest BCUT2D eigenvalue weighted by atomic mass is 32.2. The van der Waals surface area contributed by atoms with Crippen molar-refractivity contribution in [2.75, 3.05) is 30.8 Å². The van der Waals surface area contributed by atoms with Gasteiger partial charge in [-0.1, -0.05) is 37.3 Å². The Morgan fingerprint density at radius 3 is 2.41 bits per heavy atom. The predicted octanol–water partition coefficient (Wildman–Crippen LogP) is 3.18. The minimum absolute atomic E-state index is 0.105. The lowest BCUT2D eigenvalue weighted by molar-refractivity contribution is -0.140. The monoisotopic (exact) mass is 489 g/mol. The molecule has 2 aromatic rings. The second-order valence-electron chi connectivity index (χ2n) is 8.11. The highest BCUT2D eigenvalue weighted by Gasteiger charge is 2.26. The molecule has 2 amide bonds. The van der Waals surface area contributed by atoms with Crippen LogP contribution in [0.3, 0.4) is 0 Å². The molecule has 1 N–H and O–H groups in total. The lowest BCUT2D eigenvalue weighted by atomic mass is 10.1. The molecule has 0 aliphatic rings. The molecule has 34 heavy (non-hydrogen) atoms. The van der Waals surface area contributed by atoms with Gasteiger partial charge in [0.25, 0.3) is 0 Å². The molecule has 0 aliphatic heterocycles. The standard InChI is InChI=1S/C25H35N3O5S/c1-5-16-26-25(30)20(2)27(19-21-11-9-14-23(18-21)33-3)24(29)15-10-17-28(34(4,31)32)22-12-7-6-8-13-22/h6-9,11-14,18,20H,5,10,15-17,19H2,1-4H3,(H,26,30)/t20-/m0/s1. The van der Waals surface area contributed by atoms with Crippen LogP contribution in [0.2, 0.25) is 0 Å². The number of hydrogen-bond acceptors (Lipinski definition) is 5. The largest absolute Gasteiger partial charge is 0.497 e. The van der Waals surface area contributed by atoms with Crippen LogP contribution in [0.25, 0.3) is 0 Å². The Morgan fingerprint density at radius 1 is 1.09 bits per heavy atom.